The van der Waals surface area contributed by atoms with Crippen LogP contribution < -0.4 is 24.8 Å². The number of sulfonamides is 1. The maximum atomic E-state index is 15.0. The van der Waals surface area contributed by atoms with Crippen LogP contribution in [-0.2, 0) is 29.2 Å². The standard InChI is InChI=1S/C44H54N6O10S/c1-6-27-23-44(27,41(54)48-61(57,58)31-15-16-31)47-39(52)36-20-30(60-37-22-34(26-11-8-7-9-12-26)46-35-19-29(59-5)14-17-32(35)37)25-50(36)40(53)33(43(2,3)4)21-38(51)49-18-10-13-28(24-49)45-42(55)56/h6-9,11-12,14,17,19,22,27-28,30-31,33,36,45H,1,10,13,15-16,18,20-21,23-25H2,2-5H3,(H,47,52)(H,48,54)(H,55,56)/t27?,28-,30+,33+,36-,44?/m0/s1. The van der Waals surface area contributed by atoms with Crippen LogP contribution in [0.2, 0.25) is 0 Å². The Morgan fingerprint density at radius 1 is 1.05 bits per heavy atom. The summed E-state index contributed by atoms with van der Waals surface area (Å²) in [4.78, 5) is 76.4. The quantitative estimate of drug-likeness (QED) is 0.168. The van der Waals surface area contributed by atoms with Crippen molar-refractivity contribution in [1.29, 1.82) is 0 Å². The first-order chi connectivity index (χ1) is 28.9. The summed E-state index contributed by atoms with van der Waals surface area (Å²) in [7, 11) is -2.38. The molecule has 2 unspecified atom stereocenters. The summed E-state index contributed by atoms with van der Waals surface area (Å²) >= 11 is 0. The molecular formula is C44H54N6O10S. The molecule has 3 heterocycles. The van der Waals surface area contributed by atoms with E-state index in [9.17, 15) is 37.5 Å². The highest BCUT2D eigenvalue weighted by molar-refractivity contribution is 7.91. The molecule has 17 heteroatoms. The van der Waals surface area contributed by atoms with Crippen molar-refractivity contribution in [3.63, 3.8) is 0 Å². The molecule has 4 aliphatic rings. The van der Waals surface area contributed by atoms with Crippen molar-refractivity contribution in [3.05, 3.63) is 67.3 Å². The number of likely N-dealkylation sites (tertiary alicyclic amines) is 2. The summed E-state index contributed by atoms with van der Waals surface area (Å²) in [5, 5.41) is 14.6. The van der Waals surface area contributed by atoms with E-state index in [0.29, 0.717) is 60.3 Å². The van der Waals surface area contributed by atoms with Gasteiger partial charge in [-0.25, -0.2) is 18.2 Å². The van der Waals surface area contributed by atoms with E-state index in [0.717, 1.165) is 5.56 Å². The van der Waals surface area contributed by atoms with E-state index < -0.39 is 80.1 Å². The van der Waals surface area contributed by atoms with Gasteiger partial charge in [-0.05, 0) is 49.7 Å². The Bertz CT molecular complexity index is 2330. The Labute approximate surface area is 355 Å². The van der Waals surface area contributed by atoms with Crippen molar-refractivity contribution in [3.8, 4) is 22.8 Å². The van der Waals surface area contributed by atoms with Crippen molar-refractivity contribution in [2.45, 2.75) is 94.7 Å². The second kappa shape index (κ2) is 17.0. The molecule has 4 fully saturated rings. The summed E-state index contributed by atoms with van der Waals surface area (Å²) in [6.45, 7) is 9.86. The summed E-state index contributed by atoms with van der Waals surface area (Å²) in [5.41, 5.74) is -0.302. The van der Waals surface area contributed by atoms with E-state index >= 15 is 0 Å². The maximum absolute atomic E-state index is 15.0. The van der Waals surface area contributed by atoms with Crippen LogP contribution >= 0.6 is 0 Å². The van der Waals surface area contributed by atoms with Crippen LogP contribution in [0.25, 0.3) is 22.2 Å². The number of aromatic nitrogens is 1. The molecule has 16 nitrogen and oxygen atoms in total. The Morgan fingerprint density at radius 3 is 2.43 bits per heavy atom. The van der Waals surface area contributed by atoms with E-state index in [1.54, 1.807) is 24.1 Å². The highest BCUT2D eigenvalue weighted by Crippen LogP contribution is 2.46. The number of ether oxygens (including phenoxy) is 2. The molecular weight excluding hydrogens is 805 g/mol. The summed E-state index contributed by atoms with van der Waals surface area (Å²) in [6.07, 6.45) is 1.56. The molecule has 2 aliphatic heterocycles. The third kappa shape index (κ3) is 9.46. The van der Waals surface area contributed by atoms with Crippen molar-refractivity contribution < 1.29 is 47.0 Å². The molecule has 61 heavy (non-hydrogen) atoms. The van der Waals surface area contributed by atoms with Gasteiger partial charge in [0.15, 0.2) is 0 Å². The largest absolute Gasteiger partial charge is 0.497 e. The second-order valence-corrected chi connectivity index (χ2v) is 19.6. The van der Waals surface area contributed by atoms with Gasteiger partial charge in [0.2, 0.25) is 27.7 Å². The number of carbonyl (C=O) groups excluding carboxylic acids is 4. The van der Waals surface area contributed by atoms with Gasteiger partial charge in [0.05, 0.1) is 36.0 Å². The van der Waals surface area contributed by atoms with E-state index in [1.165, 1.54) is 11.0 Å². The number of rotatable bonds is 14. The first kappa shape index (κ1) is 43.4. The zero-order valence-corrected chi connectivity index (χ0v) is 35.7. The molecule has 0 radical (unpaired) electrons. The van der Waals surface area contributed by atoms with Crippen LogP contribution in [0.3, 0.4) is 0 Å². The maximum Gasteiger partial charge on any atom is 0.404 e. The number of nitrogens with one attached hydrogen (secondary N) is 3. The number of benzene rings is 2. The number of pyridine rings is 1. The highest BCUT2D eigenvalue weighted by Gasteiger charge is 2.62. The van der Waals surface area contributed by atoms with E-state index in [2.05, 4.69) is 21.9 Å². The molecule has 326 valence electrons. The highest BCUT2D eigenvalue weighted by atomic mass is 32.2. The average Bonchev–Trinajstić information content (AvgIpc) is 4.15. The Balaban J connectivity index is 1.20. The smallest absolute Gasteiger partial charge is 0.404 e. The van der Waals surface area contributed by atoms with Gasteiger partial charge in [-0.15, -0.1) is 6.58 Å². The average molecular weight is 859 g/mol. The van der Waals surface area contributed by atoms with Crippen LogP contribution in [0.1, 0.15) is 65.7 Å². The normalized spacial score (nSPS) is 24.3. The molecule has 2 aromatic carbocycles. The molecule has 0 bridgehead atoms. The molecule has 5 amide bonds. The predicted molar refractivity (Wildman–Crippen MR) is 226 cm³/mol. The van der Waals surface area contributed by atoms with Gasteiger partial charge < -0.3 is 35.0 Å². The lowest BCUT2D eigenvalue weighted by Gasteiger charge is -2.37. The molecule has 2 saturated carbocycles. The van der Waals surface area contributed by atoms with Gasteiger partial charge >= 0.3 is 6.09 Å². The SMILES string of the molecule is C=CC1CC1(NC(=O)[C@@H]1C[C@@H](Oc2cc(-c3ccccc3)nc3cc(OC)ccc23)CN1C(=O)[C@@H](CC(=O)N1CCC[C@H](NC(=O)O)C1)C(C)(C)C)C(=O)NS(=O)(=O)C1CC1. The van der Waals surface area contributed by atoms with Crippen molar-refractivity contribution >= 4 is 50.6 Å². The predicted octanol–water partition coefficient (Wildman–Crippen LogP) is 4.24. The van der Waals surface area contributed by atoms with Crippen LogP contribution in [-0.4, -0.2) is 114 Å². The lowest BCUT2D eigenvalue weighted by atomic mass is 9.77. The Morgan fingerprint density at radius 2 is 1.79 bits per heavy atom. The molecule has 6 atom stereocenters. The van der Waals surface area contributed by atoms with Crippen LogP contribution in [0.4, 0.5) is 4.79 Å². The summed E-state index contributed by atoms with van der Waals surface area (Å²) < 4.78 is 40.1. The summed E-state index contributed by atoms with van der Waals surface area (Å²) in [5.74, 6) is -2.73. The molecule has 2 saturated heterocycles. The van der Waals surface area contributed by atoms with Gasteiger partial charge in [0.25, 0.3) is 5.91 Å². The fraction of sp³-hybridized carbons (Fsp3) is 0.500. The summed E-state index contributed by atoms with van der Waals surface area (Å²) in [6, 6.07) is 15.1. The van der Waals surface area contributed by atoms with Crippen LogP contribution in [0.5, 0.6) is 11.5 Å². The lowest BCUT2D eigenvalue weighted by Crippen LogP contribution is -2.57. The van der Waals surface area contributed by atoms with Crippen LogP contribution in [0, 0.1) is 17.3 Å². The minimum absolute atomic E-state index is 0.00845. The van der Waals surface area contributed by atoms with Gasteiger partial charge in [0, 0.05) is 61.0 Å². The fourth-order valence-corrected chi connectivity index (χ4v) is 9.86. The van der Waals surface area contributed by atoms with E-state index in [4.69, 9.17) is 14.5 Å². The zero-order chi connectivity index (χ0) is 43.9. The number of amides is 5. The van der Waals surface area contributed by atoms with E-state index in [1.807, 2.05) is 63.2 Å². The number of methoxy groups -OCH3 is 1. The number of carboxylic acid groups (broad SMARTS) is 1. The monoisotopic (exact) mass is 858 g/mol. The molecule has 7 rings (SSSR count). The van der Waals surface area contributed by atoms with Gasteiger partial charge in [0.1, 0.15) is 29.2 Å². The number of carbonyl (C=O) groups is 5. The van der Waals surface area contributed by atoms with Gasteiger partial charge in [-0.1, -0.05) is 57.2 Å². The molecule has 3 aromatic rings. The topological polar surface area (TPSA) is 214 Å². The first-order valence-electron chi connectivity index (χ1n) is 20.7. The van der Waals surface area contributed by atoms with Gasteiger partial charge in [-0.2, -0.15) is 0 Å². The number of hydrogen-bond donors (Lipinski definition) is 4. The van der Waals surface area contributed by atoms with Crippen molar-refractivity contribution in [2.24, 2.45) is 17.3 Å². The Hall–Kier alpha value is -5.71. The fourth-order valence-electron chi connectivity index (χ4n) is 8.50. The lowest BCUT2D eigenvalue weighted by molar-refractivity contribution is -0.149. The first-order valence-corrected chi connectivity index (χ1v) is 22.3. The molecule has 2 aliphatic carbocycles. The third-order valence-corrected chi connectivity index (χ3v) is 14.1. The molecule has 0 spiro atoms. The number of fused-ring (bicyclic) bond motifs is 1. The van der Waals surface area contributed by atoms with Gasteiger partial charge in [-0.3, -0.25) is 23.9 Å². The number of hydrogen-bond acceptors (Lipinski definition) is 10. The van der Waals surface area contributed by atoms with E-state index in [-0.39, 0.29) is 38.3 Å². The second-order valence-electron chi connectivity index (χ2n) is 17.7. The minimum atomic E-state index is -3.94. The third-order valence-electron chi connectivity index (χ3n) is 12.3. The van der Waals surface area contributed by atoms with Crippen molar-refractivity contribution in [2.75, 3.05) is 26.7 Å². The zero-order valence-electron chi connectivity index (χ0n) is 34.9. The van der Waals surface area contributed by atoms with Crippen LogP contribution in [0.15, 0.2) is 67.3 Å². The minimum Gasteiger partial charge on any atom is -0.497 e. The molecule has 4 N–H and O–H groups in total. The number of nitrogens with zero attached hydrogens (tertiary/aromatic N) is 3. The Kier molecular flexibility index (Phi) is 12.1. The van der Waals surface area contributed by atoms with Crippen molar-refractivity contribution in [1.82, 2.24) is 30.1 Å². The molecule has 1 aromatic heterocycles. The number of piperidine rings is 1.